The highest BCUT2D eigenvalue weighted by molar-refractivity contribution is 5.84. The van der Waals surface area contributed by atoms with E-state index in [4.69, 9.17) is 9.72 Å². The van der Waals surface area contributed by atoms with Crippen LogP contribution in [-0.4, -0.2) is 20.6 Å². The van der Waals surface area contributed by atoms with Crippen LogP contribution in [0.15, 0.2) is 41.2 Å². The molecule has 7 nitrogen and oxygen atoms in total. The van der Waals surface area contributed by atoms with Crippen LogP contribution in [0.25, 0.3) is 22.3 Å². The minimum atomic E-state index is -1.53. The molecule has 0 radical (unpaired) electrons. The number of ether oxygens (including phenoxy) is 1. The Morgan fingerprint density at radius 2 is 2.13 bits per heavy atom. The van der Waals surface area contributed by atoms with Crippen LogP contribution >= 0.6 is 0 Å². The number of hydrogen-bond donors (Lipinski definition) is 1. The maximum absolute atomic E-state index is 13.4. The van der Waals surface area contributed by atoms with E-state index in [1.54, 1.807) is 17.6 Å². The number of aromatic nitrogens is 2. The Morgan fingerprint density at radius 1 is 1.37 bits per heavy atom. The van der Waals surface area contributed by atoms with Gasteiger partial charge in [0.2, 0.25) is 0 Å². The maximum Gasteiger partial charge on any atom is 0.302 e. The number of pyridine rings is 2. The lowest BCUT2D eigenvalue weighted by atomic mass is 9.85. The maximum atomic E-state index is 13.4. The Morgan fingerprint density at radius 3 is 2.83 bits per heavy atom. The number of aliphatic hydroxyl groups is 1. The van der Waals surface area contributed by atoms with Crippen LogP contribution in [0.1, 0.15) is 43.4 Å². The van der Waals surface area contributed by atoms with Crippen LogP contribution in [0.2, 0.25) is 0 Å². The predicted molar refractivity (Wildman–Crippen MR) is 110 cm³/mol. The summed E-state index contributed by atoms with van der Waals surface area (Å²) in [5.41, 5.74) is 1.60. The summed E-state index contributed by atoms with van der Waals surface area (Å²) >= 11 is 0. The normalized spacial score (nSPS) is 13.9. The van der Waals surface area contributed by atoms with Gasteiger partial charge in [0, 0.05) is 17.9 Å². The van der Waals surface area contributed by atoms with Crippen LogP contribution in [0, 0.1) is 11.3 Å². The Balaban J connectivity index is 1.97. The Bertz CT molecular complexity index is 1270. The van der Waals surface area contributed by atoms with Gasteiger partial charge in [-0.3, -0.25) is 9.59 Å². The lowest BCUT2D eigenvalue weighted by Gasteiger charge is -2.27. The first-order chi connectivity index (χ1) is 14.4. The Kier molecular flexibility index (Phi) is 4.88. The molecule has 1 aliphatic heterocycles. The molecule has 7 heteroatoms. The molecular formula is C23H21N3O4. The summed E-state index contributed by atoms with van der Waals surface area (Å²) in [4.78, 5) is 29.5. The first kappa shape index (κ1) is 19.8. The van der Waals surface area contributed by atoms with E-state index < -0.39 is 11.6 Å². The Hall–Kier alpha value is -3.50. The number of rotatable bonds is 5. The van der Waals surface area contributed by atoms with Gasteiger partial charge in [-0.2, -0.15) is 5.26 Å². The number of para-hydroxylation sites is 1. The second-order valence-electron chi connectivity index (χ2n) is 7.50. The number of fused-ring (bicyclic) bond motifs is 4. The number of carbonyl (C=O) groups excluding carboxylic acids is 1. The van der Waals surface area contributed by atoms with Gasteiger partial charge >= 0.3 is 5.97 Å². The van der Waals surface area contributed by atoms with Crippen molar-refractivity contribution in [3.63, 3.8) is 0 Å². The third-order valence-corrected chi connectivity index (χ3v) is 5.65. The molecule has 2 aromatic heterocycles. The smallest absolute Gasteiger partial charge is 0.302 e. The van der Waals surface area contributed by atoms with Crippen LogP contribution in [-0.2, 0) is 28.3 Å². The summed E-state index contributed by atoms with van der Waals surface area (Å²) < 4.78 is 6.69. The largest absolute Gasteiger partial charge is 0.461 e. The molecule has 0 spiro atoms. The molecule has 0 saturated heterocycles. The van der Waals surface area contributed by atoms with E-state index in [0.29, 0.717) is 23.5 Å². The average molecular weight is 403 g/mol. The van der Waals surface area contributed by atoms with E-state index in [1.807, 2.05) is 36.4 Å². The summed E-state index contributed by atoms with van der Waals surface area (Å²) in [5.74, 6) is -0.526. The molecule has 1 aliphatic rings. The lowest BCUT2D eigenvalue weighted by Crippen LogP contribution is -2.33. The van der Waals surface area contributed by atoms with Crippen LogP contribution in [0.3, 0.4) is 0 Å². The fourth-order valence-corrected chi connectivity index (χ4v) is 3.98. The standard InChI is InChI=1S/C23H21N3O4/c1-3-23(29,8-9-24)18-11-20-21-16(10-15-6-4-5-7-19(15)25-21)12-26(20)22(28)17(18)13-30-14(2)27/h4-7,10-11,29H,3,8,12-13H2,1-2H3/t23-/m1/s1. The van der Waals surface area contributed by atoms with Crippen molar-refractivity contribution in [1.29, 1.82) is 5.26 Å². The SMILES string of the molecule is CC[C@@](O)(CC#N)c1cc2n(c(=O)c1COC(C)=O)Cc1cc3ccccc3nc1-2. The zero-order chi connectivity index (χ0) is 21.5. The molecule has 1 atom stereocenters. The molecule has 0 bridgehead atoms. The van der Waals surface area contributed by atoms with E-state index in [1.165, 1.54) is 6.92 Å². The van der Waals surface area contributed by atoms with Crippen molar-refractivity contribution >= 4 is 16.9 Å². The van der Waals surface area contributed by atoms with Crippen molar-refractivity contribution in [3.05, 3.63) is 63.4 Å². The van der Waals surface area contributed by atoms with Gasteiger partial charge in [-0.05, 0) is 30.2 Å². The van der Waals surface area contributed by atoms with Gasteiger partial charge in [-0.1, -0.05) is 25.1 Å². The first-order valence-corrected chi connectivity index (χ1v) is 9.77. The summed E-state index contributed by atoms with van der Waals surface area (Å²) in [5, 5.41) is 21.4. The van der Waals surface area contributed by atoms with E-state index >= 15 is 0 Å². The van der Waals surface area contributed by atoms with Gasteiger partial charge in [0.1, 0.15) is 12.2 Å². The van der Waals surface area contributed by atoms with Crippen LogP contribution in [0.5, 0.6) is 0 Å². The molecular weight excluding hydrogens is 382 g/mol. The number of benzene rings is 1. The first-order valence-electron chi connectivity index (χ1n) is 9.77. The zero-order valence-electron chi connectivity index (χ0n) is 16.8. The summed E-state index contributed by atoms with van der Waals surface area (Å²) in [6.07, 6.45) is 0.0476. The summed E-state index contributed by atoms with van der Waals surface area (Å²) in [6.45, 7) is 3.09. The molecule has 30 heavy (non-hydrogen) atoms. The molecule has 1 aromatic carbocycles. The van der Waals surface area contributed by atoms with E-state index in [2.05, 4.69) is 0 Å². The quantitative estimate of drug-likeness (QED) is 0.514. The van der Waals surface area contributed by atoms with Gasteiger partial charge < -0.3 is 14.4 Å². The van der Waals surface area contributed by atoms with Gasteiger partial charge in [-0.15, -0.1) is 0 Å². The minimum Gasteiger partial charge on any atom is -0.461 e. The van der Waals surface area contributed by atoms with Gasteiger partial charge in [0.05, 0.1) is 41.5 Å². The molecule has 0 saturated carbocycles. The number of carbonyl (C=O) groups is 1. The zero-order valence-corrected chi connectivity index (χ0v) is 16.8. The molecule has 1 N–H and O–H groups in total. The van der Waals surface area contributed by atoms with E-state index in [-0.39, 0.29) is 30.6 Å². The van der Waals surface area contributed by atoms with Gasteiger partial charge in [0.25, 0.3) is 5.56 Å². The molecule has 0 aliphatic carbocycles. The van der Waals surface area contributed by atoms with Crippen molar-refractivity contribution in [3.8, 4) is 17.5 Å². The lowest BCUT2D eigenvalue weighted by molar-refractivity contribution is -0.142. The van der Waals surface area contributed by atoms with Gasteiger partial charge in [0.15, 0.2) is 0 Å². The monoisotopic (exact) mass is 403 g/mol. The van der Waals surface area contributed by atoms with Crippen molar-refractivity contribution in [1.82, 2.24) is 9.55 Å². The molecule has 152 valence electrons. The van der Waals surface area contributed by atoms with Crippen molar-refractivity contribution < 1.29 is 14.6 Å². The minimum absolute atomic E-state index is 0.183. The predicted octanol–water partition coefficient (Wildman–Crippen LogP) is 3.00. The highest BCUT2D eigenvalue weighted by Gasteiger charge is 2.35. The molecule has 0 fully saturated rings. The number of nitriles is 1. The van der Waals surface area contributed by atoms with Crippen LogP contribution < -0.4 is 5.56 Å². The van der Waals surface area contributed by atoms with Crippen molar-refractivity contribution in [2.75, 3.05) is 0 Å². The fourth-order valence-electron chi connectivity index (χ4n) is 3.98. The summed E-state index contributed by atoms with van der Waals surface area (Å²) in [7, 11) is 0. The highest BCUT2D eigenvalue weighted by atomic mass is 16.5. The van der Waals surface area contributed by atoms with Crippen LogP contribution in [0.4, 0.5) is 0 Å². The second kappa shape index (κ2) is 7.39. The number of hydrogen-bond acceptors (Lipinski definition) is 6. The van der Waals surface area contributed by atoms with E-state index in [0.717, 1.165) is 16.5 Å². The molecule has 0 amide bonds. The molecule has 0 unspecified atom stereocenters. The number of esters is 1. The number of nitrogens with zero attached hydrogens (tertiary/aromatic N) is 3. The molecule has 3 heterocycles. The summed E-state index contributed by atoms with van der Waals surface area (Å²) in [6, 6.07) is 13.4. The second-order valence-corrected chi connectivity index (χ2v) is 7.50. The highest BCUT2D eigenvalue weighted by Crippen LogP contribution is 2.37. The third-order valence-electron chi connectivity index (χ3n) is 5.65. The van der Waals surface area contributed by atoms with Crippen molar-refractivity contribution in [2.45, 2.75) is 45.4 Å². The average Bonchev–Trinajstić information content (AvgIpc) is 3.09. The third kappa shape index (κ3) is 3.15. The molecule has 3 aromatic rings. The van der Waals surface area contributed by atoms with Gasteiger partial charge in [-0.25, -0.2) is 4.98 Å². The molecule has 4 rings (SSSR count). The van der Waals surface area contributed by atoms with Crippen molar-refractivity contribution in [2.24, 2.45) is 0 Å². The van der Waals surface area contributed by atoms with E-state index in [9.17, 15) is 20.0 Å². The fraction of sp³-hybridized carbons (Fsp3) is 0.304. The topological polar surface area (TPSA) is 105 Å². The Labute approximate surface area is 173 Å².